The maximum absolute atomic E-state index is 6.14. The number of benzene rings is 1. The van der Waals surface area contributed by atoms with Gasteiger partial charge in [0, 0.05) is 12.2 Å². The molecule has 1 aromatic rings. The molecule has 1 aromatic carbocycles. The molecule has 3 heterocycles. The van der Waals surface area contributed by atoms with Crippen LogP contribution in [0.5, 0.6) is 0 Å². The van der Waals surface area contributed by atoms with Gasteiger partial charge in [-0.1, -0.05) is 43.7 Å². The van der Waals surface area contributed by atoms with E-state index in [2.05, 4.69) is 12.2 Å². The summed E-state index contributed by atoms with van der Waals surface area (Å²) in [4.78, 5) is 0. The van der Waals surface area contributed by atoms with Crippen molar-refractivity contribution in [3.8, 4) is 0 Å². The van der Waals surface area contributed by atoms with E-state index in [0.29, 0.717) is 12.6 Å². The standard InChI is InChI=1S/C17H23NO4/c1-2-3-9-19-17-14-13(18-14)15-12(21-17)10-20-16(22-15)11-7-5-4-6-8-11/h4-8,12-18H,2-3,9-10H2,1H3/t12?,13-,14+,15+,16?,17?/m0/s1. The number of rotatable bonds is 5. The van der Waals surface area contributed by atoms with Crippen LogP contribution in [0.15, 0.2) is 30.3 Å². The zero-order chi connectivity index (χ0) is 14.9. The van der Waals surface area contributed by atoms with Crippen LogP contribution in [0.3, 0.4) is 0 Å². The first-order valence-corrected chi connectivity index (χ1v) is 8.22. The van der Waals surface area contributed by atoms with E-state index in [1.165, 1.54) is 0 Å². The van der Waals surface area contributed by atoms with E-state index in [1.807, 2.05) is 30.3 Å². The van der Waals surface area contributed by atoms with Gasteiger partial charge in [-0.25, -0.2) is 0 Å². The van der Waals surface area contributed by atoms with E-state index in [1.54, 1.807) is 0 Å². The number of hydrogen-bond acceptors (Lipinski definition) is 5. The topological polar surface area (TPSA) is 58.9 Å². The number of hydrogen-bond donors (Lipinski definition) is 1. The molecule has 0 spiro atoms. The summed E-state index contributed by atoms with van der Waals surface area (Å²) in [6.07, 6.45) is 1.71. The Labute approximate surface area is 130 Å². The van der Waals surface area contributed by atoms with E-state index >= 15 is 0 Å². The Morgan fingerprint density at radius 2 is 2.05 bits per heavy atom. The summed E-state index contributed by atoms with van der Waals surface area (Å²) < 4.78 is 23.9. The predicted octanol–water partition coefficient (Wildman–Crippen LogP) is 1.98. The number of unbranched alkanes of at least 4 members (excludes halogenated alkanes) is 1. The lowest BCUT2D eigenvalue weighted by molar-refractivity contribution is -0.307. The minimum atomic E-state index is -0.299. The Bertz CT molecular complexity index is 497. The van der Waals surface area contributed by atoms with E-state index in [-0.39, 0.29) is 30.8 Å². The monoisotopic (exact) mass is 305 g/mol. The van der Waals surface area contributed by atoms with Crippen LogP contribution in [0, 0.1) is 0 Å². The molecule has 0 bridgehead atoms. The minimum absolute atomic E-state index is 0.0370. The molecular formula is C17H23NO4. The zero-order valence-corrected chi connectivity index (χ0v) is 12.8. The highest BCUT2D eigenvalue weighted by molar-refractivity contribution is 5.18. The average molecular weight is 305 g/mol. The largest absolute Gasteiger partial charge is 0.351 e. The van der Waals surface area contributed by atoms with Crippen LogP contribution in [-0.4, -0.2) is 43.8 Å². The second-order valence-corrected chi connectivity index (χ2v) is 6.16. The third-order valence-electron chi connectivity index (χ3n) is 4.53. The van der Waals surface area contributed by atoms with Gasteiger partial charge in [0.2, 0.25) is 0 Å². The van der Waals surface area contributed by atoms with Crippen molar-refractivity contribution in [3.05, 3.63) is 35.9 Å². The van der Waals surface area contributed by atoms with Crippen LogP contribution < -0.4 is 5.32 Å². The highest BCUT2D eigenvalue weighted by atomic mass is 16.7. The Balaban J connectivity index is 1.38. The summed E-state index contributed by atoms with van der Waals surface area (Å²) in [6, 6.07) is 10.6. The van der Waals surface area contributed by atoms with Crippen molar-refractivity contribution in [2.24, 2.45) is 0 Å². The van der Waals surface area contributed by atoms with Crippen LogP contribution in [-0.2, 0) is 18.9 Å². The fraction of sp³-hybridized carbons (Fsp3) is 0.647. The Kier molecular flexibility index (Phi) is 4.15. The normalized spacial score (nSPS) is 39.9. The summed E-state index contributed by atoms with van der Waals surface area (Å²) in [6.45, 7) is 3.45. The molecule has 0 amide bonds. The van der Waals surface area contributed by atoms with Crippen molar-refractivity contribution in [1.29, 1.82) is 0 Å². The molecule has 4 rings (SSSR count). The lowest BCUT2D eigenvalue weighted by Gasteiger charge is -2.40. The Hall–Kier alpha value is -0.980. The molecule has 0 aliphatic carbocycles. The molecule has 5 heteroatoms. The summed E-state index contributed by atoms with van der Waals surface area (Å²) in [7, 11) is 0. The van der Waals surface area contributed by atoms with Crippen LogP contribution in [0.2, 0.25) is 0 Å². The van der Waals surface area contributed by atoms with E-state index < -0.39 is 0 Å². The van der Waals surface area contributed by atoms with Crippen LogP contribution in [0.4, 0.5) is 0 Å². The van der Waals surface area contributed by atoms with Crippen LogP contribution >= 0.6 is 0 Å². The smallest absolute Gasteiger partial charge is 0.184 e. The molecule has 6 atom stereocenters. The predicted molar refractivity (Wildman–Crippen MR) is 80.2 cm³/mol. The number of fused-ring (bicyclic) bond motifs is 3. The van der Waals surface area contributed by atoms with Crippen molar-refractivity contribution in [2.45, 2.75) is 56.6 Å². The third-order valence-corrected chi connectivity index (χ3v) is 4.53. The molecule has 3 saturated heterocycles. The van der Waals surface area contributed by atoms with Crippen molar-refractivity contribution in [2.75, 3.05) is 13.2 Å². The molecule has 3 aliphatic rings. The fourth-order valence-corrected chi connectivity index (χ4v) is 3.22. The van der Waals surface area contributed by atoms with Gasteiger partial charge in [0.15, 0.2) is 12.6 Å². The SMILES string of the molecule is CCCCOC1OC2COC(c3ccccc3)O[C@H]2[C@H]2N[C@@H]12. The van der Waals surface area contributed by atoms with Gasteiger partial charge >= 0.3 is 0 Å². The van der Waals surface area contributed by atoms with Gasteiger partial charge in [-0.3, -0.25) is 0 Å². The van der Waals surface area contributed by atoms with E-state index in [9.17, 15) is 0 Å². The molecule has 0 aromatic heterocycles. The first-order chi connectivity index (χ1) is 10.9. The van der Waals surface area contributed by atoms with E-state index in [4.69, 9.17) is 18.9 Å². The summed E-state index contributed by atoms with van der Waals surface area (Å²) in [5.74, 6) is 0. The van der Waals surface area contributed by atoms with Gasteiger partial charge in [-0.05, 0) is 6.42 Å². The van der Waals surface area contributed by atoms with Gasteiger partial charge in [-0.2, -0.15) is 0 Å². The quantitative estimate of drug-likeness (QED) is 0.666. The molecule has 0 radical (unpaired) electrons. The average Bonchev–Trinajstić information content (AvgIpc) is 3.37. The second-order valence-electron chi connectivity index (χ2n) is 6.16. The van der Waals surface area contributed by atoms with Crippen LogP contribution in [0.25, 0.3) is 0 Å². The van der Waals surface area contributed by atoms with Crippen molar-refractivity contribution >= 4 is 0 Å². The van der Waals surface area contributed by atoms with Crippen molar-refractivity contribution < 1.29 is 18.9 Å². The van der Waals surface area contributed by atoms with Gasteiger partial charge in [-0.15, -0.1) is 0 Å². The van der Waals surface area contributed by atoms with Crippen molar-refractivity contribution in [3.63, 3.8) is 0 Å². The molecule has 120 valence electrons. The van der Waals surface area contributed by atoms with Gasteiger partial charge in [0.25, 0.3) is 0 Å². The lowest BCUT2D eigenvalue weighted by atomic mass is 10.0. The molecule has 3 aliphatic heterocycles. The molecule has 3 fully saturated rings. The first-order valence-electron chi connectivity index (χ1n) is 8.22. The molecule has 3 unspecified atom stereocenters. The fourth-order valence-electron chi connectivity index (χ4n) is 3.22. The van der Waals surface area contributed by atoms with Gasteiger partial charge < -0.3 is 24.3 Å². The molecule has 22 heavy (non-hydrogen) atoms. The first kappa shape index (κ1) is 14.6. The highest BCUT2D eigenvalue weighted by Gasteiger charge is 2.58. The molecular weight excluding hydrogens is 282 g/mol. The minimum Gasteiger partial charge on any atom is -0.351 e. The van der Waals surface area contributed by atoms with Gasteiger partial charge in [0.05, 0.1) is 18.7 Å². The molecule has 5 nitrogen and oxygen atoms in total. The summed E-state index contributed by atoms with van der Waals surface area (Å²) in [5.41, 5.74) is 1.06. The Morgan fingerprint density at radius 1 is 1.18 bits per heavy atom. The summed E-state index contributed by atoms with van der Waals surface area (Å²) >= 11 is 0. The maximum atomic E-state index is 6.14. The second kappa shape index (κ2) is 6.26. The van der Waals surface area contributed by atoms with Gasteiger partial charge in [0.1, 0.15) is 12.2 Å². The Morgan fingerprint density at radius 3 is 2.86 bits per heavy atom. The lowest BCUT2D eigenvalue weighted by Crippen LogP contribution is -2.52. The maximum Gasteiger partial charge on any atom is 0.184 e. The zero-order valence-electron chi connectivity index (χ0n) is 12.8. The van der Waals surface area contributed by atoms with E-state index in [0.717, 1.165) is 25.0 Å². The number of nitrogens with one attached hydrogen (secondary N) is 1. The number of ether oxygens (including phenoxy) is 4. The third kappa shape index (κ3) is 2.79. The molecule has 0 saturated carbocycles. The highest BCUT2D eigenvalue weighted by Crippen LogP contribution is 2.39. The summed E-state index contributed by atoms with van der Waals surface area (Å²) in [5, 5.41) is 3.45. The molecule has 1 N–H and O–H groups in total. The van der Waals surface area contributed by atoms with Crippen molar-refractivity contribution in [1.82, 2.24) is 5.32 Å². The van der Waals surface area contributed by atoms with Crippen LogP contribution in [0.1, 0.15) is 31.6 Å².